The Balaban J connectivity index is 2.82. The van der Waals surface area contributed by atoms with Crippen molar-refractivity contribution in [2.24, 2.45) is 0 Å². The second-order valence-corrected chi connectivity index (χ2v) is 3.25. The summed E-state index contributed by atoms with van der Waals surface area (Å²) in [5.74, 6) is 0.305. The molecule has 0 aliphatic carbocycles. The standard InChI is InChI=1S/C9H12O3/c1-6(5-10)7-4-8(11)9(2,3)12-7/h4,10H,1,5H2,2-3H3. The molecule has 1 rings (SSSR count). The highest BCUT2D eigenvalue weighted by Gasteiger charge is 2.35. The molecule has 0 radical (unpaired) electrons. The van der Waals surface area contributed by atoms with Crippen molar-refractivity contribution in [1.82, 2.24) is 0 Å². The fourth-order valence-electron chi connectivity index (χ4n) is 0.900. The fourth-order valence-corrected chi connectivity index (χ4v) is 0.900. The van der Waals surface area contributed by atoms with Crippen molar-refractivity contribution in [3.05, 3.63) is 24.0 Å². The molecule has 12 heavy (non-hydrogen) atoms. The Hall–Kier alpha value is -1.09. The number of carbonyl (C=O) groups is 1. The third-order valence-electron chi connectivity index (χ3n) is 1.76. The molecule has 66 valence electrons. The average Bonchev–Trinajstić information content (AvgIpc) is 2.25. The summed E-state index contributed by atoms with van der Waals surface area (Å²) in [5, 5.41) is 8.72. The Morgan fingerprint density at radius 1 is 1.75 bits per heavy atom. The number of ether oxygens (including phenoxy) is 1. The zero-order valence-corrected chi connectivity index (χ0v) is 7.26. The topological polar surface area (TPSA) is 46.5 Å². The number of hydrogen-bond acceptors (Lipinski definition) is 3. The number of ketones is 1. The summed E-state index contributed by atoms with van der Waals surface area (Å²) in [5.41, 5.74) is -0.359. The van der Waals surface area contributed by atoms with Crippen LogP contribution in [0.5, 0.6) is 0 Å². The quantitative estimate of drug-likeness (QED) is 0.663. The van der Waals surface area contributed by atoms with Gasteiger partial charge in [0.2, 0.25) is 5.78 Å². The molecule has 0 aromatic rings. The van der Waals surface area contributed by atoms with Crippen LogP contribution in [0.1, 0.15) is 13.8 Å². The van der Waals surface area contributed by atoms with E-state index >= 15 is 0 Å². The Morgan fingerprint density at radius 3 is 2.67 bits per heavy atom. The zero-order valence-electron chi connectivity index (χ0n) is 7.26. The van der Waals surface area contributed by atoms with Crippen molar-refractivity contribution >= 4 is 5.78 Å². The van der Waals surface area contributed by atoms with E-state index in [0.717, 1.165) is 0 Å². The predicted octanol–water partition coefficient (Wildman–Crippen LogP) is 0.797. The van der Waals surface area contributed by atoms with Gasteiger partial charge in [-0.05, 0) is 13.8 Å². The molecular weight excluding hydrogens is 156 g/mol. The highest BCUT2D eigenvalue weighted by molar-refractivity contribution is 5.99. The molecule has 0 saturated heterocycles. The van der Waals surface area contributed by atoms with Crippen molar-refractivity contribution in [1.29, 1.82) is 0 Å². The number of carbonyl (C=O) groups excluding carboxylic acids is 1. The molecule has 3 nitrogen and oxygen atoms in total. The van der Waals surface area contributed by atoms with E-state index in [-0.39, 0.29) is 12.4 Å². The monoisotopic (exact) mass is 168 g/mol. The van der Waals surface area contributed by atoms with Crippen LogP contribution >= 0.6 is 0 Å². The third-order valence-corrected chi connectivity index (χ3v) is 1.76. The van der Waals surface area contributed by atoms with Gasteiger partial charge in [0.05, 0.1) is 6.61 Å². The van der Waals surface area contributed by atoms with Gasteiger partial charge in [0.25, 0.3) is 0 Å². The number of aliphatic hydroxyl groups excluding tert-OH is 1. The Morgan fingerprint density at radius 2 is 2.33 bits per heavy atom. The lowest BCUT2D eigenvalue weighted by Gasteiger charge is -2.18. The van der Waals surface area contributed by atoms with Crippen LogP contribution in [-0.4, -0.2) is 23.1 Å². The van der Waals surface area contributed by atoms with Gasteiger partial charge in [0, 0.05) is 11.6 Å². The third kappa shape index (κ3) is 1.41. The molecule has 0 unspecified atom stereocenters. The normalized spacial score (nSPS) is 20.2. The lowest BCUT2D eigenvalue weighted by Crippen LogP contribution is -2.28. The van der Waals surface area contributed by atoms with E-state index in [2.05, 4.69) is 6.58 Å². The lowest BCUT2D eigenvalue weighted by atomic mass is 10.1. The minimum absolute atomic E-state index is 0.0906. The molecule has 1 aliphatic heterocycles. The molecule has 0 aromatic heterocycles. The van der Waals surface area contributed by atoms with Crippen molar-refractivity contribution in [2.45, 2.75) is 19.4 Å². The molecule has 1 N–H and O–H groups in total. The summed E-state index contributed by atoms with van der Waals surface area (Å²) in [6, 6.07) is 0. The first kappa shape index (κ1) is 9.00. The maximum absolute atomic E-state index is 11.2. The van der Waals surface area contributed by atoms with Crippen LogP contribution in [0.2, 0.25) is 0 Å². The van der Waals surface area contributed by atoms with Crippen LogP contribution in [0.3, 0.4) is 0 Å². The van der Waals surface area contributed by atoms with Crippen molar-refractivity contribution in [3.8, 4) is 0 Å². The second kappa shape index (κ2) is 2.75. The summed E-state index contributed by atoms with van der Waals surface area (Å²) >= 11 is 0. The molecular formula is C9H12O3. The molecule has 0 saturated carbocycles. The predicted molar refractivity (Wildman–Crippen MR) is 44.5 cm³/mol. The lowest BCUT2D eigenvalue weighted by molar-refractivity contribution is -0.126. The van der Waals surface area contributed by atoms with Crippen molar-refractivity contribution in [2.75, 3.05) is 6.61 Å². The largest absolute Gasteiger partial charge is 0.479 e. The molecule has 0 fully saturated rings. The van der Waals surface area contributed by atoms with Gasteiger partial charge in [-0.3, -0.25) is 4.79 Å². The Kier molecular flexibility index (Phi) is 2.06. The minimum Gasteiger partial charge on any atom is -0.479 e. The van der Waals surface area contributed by atoms with Gasteiger partial charge in [-0.2, -0.15) is 0 Å². The second-order valence-electron chi connectivity index (χ2n) is 3.25. The fraction of sp³-hybridized carbons (Fsp3) is 0.444. The molecule has 0 aromatic carbocycles. The summed E-state index contributed by atoms with van der Waals surface area (Å²) in [6.07, 6.45) is 1.37. The summed E-state index contributed by atoms with van der Waals surface area (Å²) in [6.45, 7) is 6.74. The van der Waals surface area contributed by atoms with Crippen molar-refractivity contribution in [3.63, 3.8) is 0 Å². The first-order chi connectivity index (χ1) is 5.47. The first-order valence-electron chi connectivity index (χ1n) is 3.71. The molecule has 1 heterocycles. The van der Waals surface area contributed by atoms with Crippen LogP contribution in [0.25, 0.3) is 0 Å². The van der Waals surface area contributed by atoms with E-state index in [9.17, 15) is 4.79 Å². The van der Waals surface area contributed by atoms with Crippen molar-refractivity contribution < 1.29 is 14.6 Å². The van der Waals surface area contributed by atoms with Gasteiger partial charge in [-0.15, -0.1) is 0 Å². The average molecular weight is 168 g/mol. The Labute approximate surface area is 71.3 Å². The van der Waals surface area contributed by atoms with Gasteiger partial charge in [-0.25, -0.2) is 0 Å². The van der Waals surface area contributed by atoms with Gasteiger partial charge in [0.15, 0.2) is 5.60 Å². The maximum atomic E-state index is 11.2. The zero-order chi connectivity index (χ0) is 9.35. The smallest absolute Gasteiger partial charge is 0.202 e. The van der Waals surface area contributed by atoms with E-state index < -0.39 is 5.60 Å². The summed E-state index contributed by atoms with van der Waals surface area (Å²) in [4.78, 5) is 11.2. The van der Waals surface area contributed by atoms with E-state index in [0.29, 0.717) is 11.3 Å². The molecule has 0 amide bonds. The van der Waals surface area contributed by atoms with Gasteiger partial charge in [0.1, 0.15) is 5.76 Å². The molecule has 0 spiro atoms. The van der Waals surface area contributed by atoms with Crippen LogP contribution in [-0.2, 0) is 9.53 Å². The highest BCUT2D eigenvalue weighted by Crippen LogP contribution is 2.27. The SMILES string of the molecule is C=C(CO)C1=CC(=O)C(C)(C)O1. The number of rotatable bonds is 2. The van der Waals surface area contributed by atoms with Crippen LogP contribution in [0, 0.1) is 0 Å². The van der Waals surface area contributed by atoms with Crippen LogP contribution < -0.4 is 0 Å². The highest BCUT2D eigenvalue weighted by atomic mass is 16.5. The summed E-state index contributed by atoms with van der Waals surface area (Å²) < 4.78 is 5.27. The van der Waals surface area contributed by atoms with Gasteiger partial charge in [-0.1, -0.05) is 6.58 Å². The maximum Gasteiger partial charge on any atom is 0.202 e. The molecule has 3 heteroatoms. The summed E-state index contributed by atoms with van der Waals surface area (Å²) in [7, 11) is 0. The van der Waals surface area contributed by atoms with E-state index in [4.69, 9.17) is 9.84 Å². The Bertz CT molecular complexity index is 261. The molecule has 0 atom stereocenters. The van der Waals surface area contributed by atoms with E-state index in [1.807, 2.05) is 0 Å². The number of hydrogen-bond donors (Lipinski definition) is 1. The first-order valence-corrected chi connectivity index (χ1v) is 3.71. The van der Waals surface area contributed by atoms with Gasteiger partial charge >= 0.3 is 0 Å². The minimum atomic E-state index is -0.798. The van der Waals surface area contributed by atoms with E-state index in [1.54, 1.807) is 13.8 Å². The van der Waals surface area contributed by atoms with Crippen LogP contribution in [0.15, 0.2) is 24.0 Å². The van der Waals surface area contributed by atoms with Crippen LogP contribution in [0.4, 0.5) is 0 Å². The molecule has 0 bridgehead atoms. The van der Waals surface area contributed by atoms with E-state index in [1.165, 1.54) is 6.08 Å². The van der Waals surface area contributed by atoms with Gasteiger partial charge < -0.3 is 9.84 Å². The number of aliphatic hydroxyl groups is 1. The molecule has 1 aliphatic rings.